The maximum atomic E-state index is 5.68. The average Bonchev–Trinajstić information content (AvgIpc) is 3.43. The van der Waals surface area contributed by atoms with Crippen LogP contribution in [-0.2, 0) is 15.9 Å². The molecule has 2 atom stereocenters. The lowest BCUT2D eigenvalue weighted by Crippen LogP contribution is -2.53. The van der Waals surface area contributed by atoms with Crippen LogP contribution < -0.4 is 10.6 Å². The number of morpholine rings is 1. The average molecular weight is 414 g/mol. The van der Waals surface area contributed by atoms with Crippen molar-refractivity contribution < 1.29 is 9.47 Å². The molecule has 2 aliphatic heterocycles. The molecule has 3 heterocycles. The number of H-pyrrole nitrogens is 1. The Kier molecular flexibility index (Phi) is 7.25. The Bertz CT molecular complexity index is 837. The zero-order chi connectivity index (χ0) is 20.8. The van der Waals surface area contributed by atoms with Crippen LogP contribution in [0.5, 0.6) is 0 Å². The second-order valence-corrected chi connectivity index (χ2v) is 8.33. The zero-order valence-electron chi connectivity index (χ0n) is 18.2. The highest BCUT2D eigenvalue weighted by atomic mass is 16.5. The van der Waals surface area contributed by atoms with E-state index in [-0.39, 0.29) is 0 Å². The van der Waals surface area contributed by atoms with Gasteiger partial charge in [-0.05, 0) is 37.0 Å². The van der Waals surface area contributed by atoms with E-state index in [1.54, 1.807) is 0 Å². The first-order valence-electron chi connectivity index (χ1n) is 11.2. The van der Waals surface area contributed by atoms with Gasteiger partial charge in [-0.2, -0.15) is 0 Å². The van der Waals surface area contributed by atoms with Gasteiger partial charge < -0.3 is 25.1 Å². The fraction of sp³-hybridized carbons (Fsp3) is 0.609. The first-order chi connectivity index (χ1) is 14.7. The van der Waals surface area contributed by atoms with Crippen molar-refractivity contribution >= 4 is 16.9 Å². The molecular formula is C23H35N5O2. The molecule has 0 spiro atoms. The van der Waals surface area contributed by atoms with Crippen LogP contribution in [0.25, 0.3) is 10.9 Å². The van der Waals surface area contributed by atoms with Crippen LogP contribution in [0.1, 0.15) is 17.5 Å². The molecule has 2 aromatic rings. The SMILES string of the molecule is CN=C(NCCc1c[nH]c2cc(C)ccc12)NCC(C1CCOC1)N1CCOCC1. The minimum absolute atomic E-state index is 0.451. The highest BCUT2D eigenvalue weighted by Crippen LogP contribution is 2.22. The van der Waals surface area contributed by atoms with Crippen molar-refractivity contribution in [1.29, 1.82) is 0 Å². The molecule has 2 fully saturated rings. The molecule has 0 saturated carbocycles. The first-order valence-corrected chi connectivity index (χ1v) is 11.2. The lowest BCUT2D eigenvalue weighted by molar-refractivity contribution is 0.00247. The van der Waals surface area contributed by atoms with Gasteiger partial charge in [-0.1, -0.05) is 12.1 Å². The van der Waals surface area contributed by atoms with Crippen molar-refractivity contribution in [3.05, 3.63) is 35.5 Å². The van der Waals surface area contributed by atoms with Crippen molar-refractivity contribution in [3.63, 3.8) is 0 Å². The number of aromatic nitrogens is 1. The van der Waals surface area contributed by atoms with E-state index in [0.717, 1.165) is 71.4 Å². The molecular weight excluding hydrogens is 378 g/mol. The summed E-state index contributed by atoms with van der Waals surface area (Å²) in [4.78, 5) is 10.4. The van der Waals surface area contributed by atoms with Crippen LogP contribution in [-0.4, -0.2) is 81.5 Å². The summed E-state index contributed by atoms with van der Waals surface area (Å²) in [6.45, 7) is 9.21. The third-order valence-corrected chi connectivity index (χ3v) is 6.34. The summed E-state index contributed by atoms with van der Waals surface area (Å²) in [6, 6.07) is 7.03. The summed E-state index contributed by atoms with van der Waals surface area (Å²) in [5, 5.41) is 8.35. The monoisotopic (exact) mass is 413 g/mol. The number of guanidine groups is 1. The summed E-state index contributed by atoms with van der Waals surface area (Å²) in [5.41, 5.74) is 3.82. The van der Waals surface area contributed by atoms with E-state index in [0.29, 0.717) is 12.0 Å². The van der Waals surface area contributed by atoms with Crippen LogP contribution in [0.2, 0.25) is 0 Å². The Balaban J connectivity index is 1.29. The fourth-order valence-electron chi connectivity index (χ4n) is 4.60. The van der Waals surface area contributed by atoms with Gasteiger partial charge in [-0.15, -0.1) is 0 Å². The number of hydrogen-bond acceptors (Lipinski definition) is 4. The van der Waals surface area contributed by atoms with Gasteiger partial charge in [0.05, 0.1) is 19.8 Å². The molecule has 3 N–H and O–H groups in total. The molecule has 4 rings (SSSR count). The number of hydrogen-bond donors (Lipinski definition) is 3. The molecule has 1 aromatic carbocycles. The van der Waals surface area contributed by atoms with Gasteiger partial charge in [0.1, 0.15) is 0 Å². The summed E-state index contributed by atoms with van der Waals surface area (Å²) in [7, 11) is 1.84. The van der Waals surface area contributed by atoms with Crippen molar-refractivity contribution in [2.45, 2.75) is 25.8 Å². The second kappa shape index (κ2) is 10.3. The first kappa shape index (κ1) is 21.2. The van der Waals surface area contributed by atoms with E-state index in [2.05, 4.69) is 56.8 Å². The fourth-order valence-corrected chi connectivity index (χ4v) is 4.60. The van der Waals surface area contributed by atoms with Crippen LogP contribution >= 0.6 is 0 Å². The molecule has 2 aliphatic rings. The third kappa shape index (κ3) is 5.14. The molecule has 2 unspecified atom stereocenters. The lowest BCUT2D eigenvalue weighted by Gasteiger charge is -2.37. The van der Waals surface area contributed by atoms with Gasteiger partial charge in [0.25, 0.3) is 0 Å². The van der Waals surface area contributed by atoms with Crippen LogP contribution in [0.3, 0.4) is 0 Å². The van der Waals surface area contributed by atoms with E-state index >= 15 is 0 Å². The molecule has 0 aliphatic carbocycles. The molecule has 164 valence electrons. The van der Waals surface area contributed by atoms with E-state index in [9.17, 15) is 0 Å². The second-order valence-electron chi connectivity index (χ2n) is 8.33. The van der Waals surface area contributed by atoms with E-state index in [4.69, 9.17) is 9.47 Å². The lowest BCUT2D eigenvalue weighted by atomic mass is 9.97. The van der Waals surface area contributed by atoms with Crippen molar-refractivity contribution in [3.8, 4) is 0 Å². The van der Waals surface area contributed by atoms with E-state index in [1.165, 1.54) is 22.0 Å². The Morgan fingerprint density at radius 2 is 2.10 bits per heavy atom. The molecule has 30 heavy (non-hydrogen) atoms. The van der Waals surface area contributed by atoms with E-state index in [1.807, 2.05) is 7.05 Å². The Labute approximate surface area is 179 Å². The highest BCUT2D eigenvalue weighted by Gasteiger charge is 2.31. The van der Waals surface area contributed by atoms with Crippen LogP contribution in [0.15, 0.2) is 29.4 Å². The van der Waals surface area contributed by atoms with E-state index < -0.39 is 0 Å². The summed E-state index contributed by atoms with van der Waals surface area (Å²) >= 11 is 0. The van der Waals surface area contributed by atoms with Gasteiger partial charge in [0, 0.05) is 68.9 Å². The van der Waals surface area contributed by atoms with Crippen molar-refractivity contribution in [2.75, 3.05) is 59.7 Å². The summed E-state index contributed by atoms with van der Waals surface area (Å²) < 4.78 is 11.2. The molecule has 0 amide bonds. The maximum Gasteiger partial charge on any atom is 0.191 e. The quantitative estimate of drug-likeness (QED) is 0.478. The number of nitrogens with one attached hydrogen (secondary N) is 3. The minimum atomic E-state index is 0.451. The van der Waals surface area contributed by atoms with Gasteiger partial charge in [-0.3, -0.25) is 9.89 Å². The number of rotatable bonds is 7. The minimum Gasteiger partial charge on any atom is -0.381 e. The Hall–Kier alpha value is -2.09. The number of aliphatic imine (C=N–C) groups is 1. The largest absolute Gasteiger partial charge is 0.381 e. The molecule has 7 nitrogen and oxygen atoms in total. The van der Waals surface area contributed by atoms with Crippen molar-refractivity contribution in [2.24, 2.45) is 10.9 Å². The van der Waals surface area contributed by atoms with Gasteiger partial charge in [0.15, 0.2) is 5.96 Å². The van der Waals surface area contributed by atoms with Gasteiger partial charge in [-0.25, -0.2) is 0 Å². The van der Waals surface area contributed by atoms with Crippen LogP contribution in [0, 0.1) is 12.8 Å². The highest BCUT2D eigenvalue weighted by molar-refractivity contribution is 5.84. The number of fused-ring (bicyclic) bond motifs is 1. The molecule has 1 aromatic heterocycles. The molecule has 0 radical (unpaired) electrons. The Morgan fingerprint density at radius 1 is 1.23 bits per heavy atom. The summed E-state index contributed by atoms with van der Waals surface area (Å²) in [6.07, 6.45) is 4.21. The summed E-state index contributed by atoms with van der Waals surface area (Å²) in [5.74, 6) is 1.44. The zero-order valence-corrected chi connectivity index (χ0v) is 18.2. The number of ether oxygens (including phenoxy) is 2. The number of aromatic amines is 1. The number of nitrogens with zero attached hydrogens (tertiary/aromatic N) is 2. The van der Waals surface area contributed by atoms with Gasteiger partial charge in [0.2, 0.25) is 0 Å². The smallest absolute Gasteiger partial charge is 0.191 e. The molecule has 7 heteroatoms. The standard InChI is InChI=1S/C23H35N5O2/c1-17-3-4-20-18(14-26-21(20)13-17)5-7-25-23(24-2)27-15-22(19-6-10-30-16-19)28-8-11-29-12-9-28/h3-4,13-14,19,22,26H,5-12,15-16H2,1-2H3,(H2,24,25,27). The normalized spacial score (nSPS) is 21.8. The maximum absolute atomic E-state index is 5.68. The van der Waals surface area contributed by atoms with Gasteiger partial charge >= 0.3 is 0 Å². The molecule has 2 saturated heterocycles. The Morgan fingerprint density at radius 3 is 2.87 bits per heavy atom. The topological polar surface area (TPSA) is 73.9 Å². The number of benzene rings is 1. The molecule has 0 bridgehead atoms. The predicted octanol–water partition coefficient (Wildman–Crippen LogP) is 1.92. The number of aryl methyl sites for hydroxylation is 1. The van der Waals surface area contributed by atoms with Crippen molar-refractivity contribution in [1.82, 2.24) is 20.5 Å². The predicted molar refractivity (Wildman–Crippen MR) is 121 cm³/mol. The third-order valence-electron chi connectivity index (χ3n) is 6.34. The van der Waals surface area contributed by atoms with Crippen LogP contribution in [0.4, 0.5) is 0 Å².